The maximum absolute atomic E-state index is 13.5. The van der Waals surface area contributed by atoms with E-state index < -0.39 is 18.2 Å². The van der Waals surface area contributed by atoms with Gasteiger partial charge in [-0.3, -0.25) is 24.4 Å². The molecule has 1 aromatic carbocycles. The summed E-state index contributed by atoms with van der Waals surface area (Å²) in [6.07, 6.45) is 5.90. The van der Waals surface area contributed by atoms with Gasteiger partial charge >= 0.3 is 6.09 Å². The van der Waals surface area contributed by atoms with Crippen molar-refractivity contribution in [2.45, 2.75) is 50.7 Å². The van der Waals surface area contributed by atoms with Gasteiger partial charge in [-0.1, -0.05) is 25.5 Å². The molecule has 3 aromatic rings. The number of aromatic nitrogens is 2. The lowest BCUT2D eigenvalue weighted by atomic mass is 10.1. The van der Waals surface area contributed by atoms with Crippen LogP contribution < -0.4 is 10.1 Å². The fourth-order valence-corrected chi connectivity index (χ4v) is 5.31. The van der Waals surface area contributed by atoms with Crippen molar-refractivity contribution < 1.29 is 23.9 Å². The standard InChI is InChI=1S/C28H29N5O5/c1-2-5-22(31-28(37)38-20-8-9-21-19(15-20)7-4-12-30-21)27(36)32-13-10-23-26(32)24(34)17-33(23)25(35)14-18-6-3-11-29-16-18/h3-4,6-9,11-12,15-16,22-23,26H,2,5,10,13-14,17H2,1H3,(H,31,37). The molecule has 0 spiro atoms. The van der Waals surface area contributed by atoms with Crippen molar-refractivity contribution in [3.63, 3.8) is 0 Å². The normalized spacial score (nSPS) is 19.3. The van der Waals surface area contributed by atoms with Gasteiger partial charge in [0.1, 0.15) is 17.8 Å². The zero-order chi connectivity index (χ0) is 26.6. The molecular weight excluding hydrogens is 486 g/mol. The second-order valence-corrected chi connectivity index (χ2v) is 9.59. The van der Waals surface area contributed by atoms with Gasteiger partial charge in [-0.05, 0) is 48.7 Å². The number of nitrogens with one attached hydrogen (secondary N) is 1. The fraction of sp³-hybridized carbons (Fsp3) is 0.357. The van der Waals surface area contributed by atoms with Gasteiger partial charge in [0.05, 0.1) is 24.5 Å². The number of likely N-dealkylation sites (tertiary alicyclic amines) is 2. The van der Waals surface area contributed by atoms with Crippen LogP contribution in [0.15, 0.2) is 61.1 Å². The summed E-state index contributed by atoms with van der Waals surface area (Å²) in [7, 11) is 0. The minimum atomic E-state index is -0.846. The molecular formula is C28H29N5O5. The molecule has 196 valence electrons. The highest BCUT2D eigenvalue weighted by molar-refractivity contribution is 5.99. The van der Waals surface area contributed by atoms with E-state index in [1.807, 2.05) is 19.1 Å². The largest absolute Gasteiger partial charge is 0.413 e. The Balaban J connectivity index is 1.24. The van der Waals surface area contributed by atoms with E-state index in [0.29, 0.717) is 31.6 Å². The molecule has 0 saturated carbocycles. The molecule has 5 rings (SSSR count). The molecule has 2 fully saturated rings. The zero-order valence-corrected chi connectivity index (χ0v) is 21.1. The Kier molecular flexibility index (Phi) is 7.30. The molecule has 3 atom stereocenters. The van der Waals surface area contributed by atoms with Gasteiger partial charge in [-0.15, -0.1) is 0 Å². The first-order valence-corrected chi connectivity index (χ1v) is 12.8. The number of amides is 3. The van der Waals surface area contributed by atoms with Crippen molar-refractivity contribution in [1.29, 1.82) is 0 Å². The molecule has 2 aliphatic rings. The maximum Gasteiger partial charge on any atom is 0.413 e. The number of carbonyl (C=O) groups is 4. The van der Waals surface area contributed by atoms with Crippen LogP contribution in [0, 0.1) is 0 Å². The molecule has 0 aliphatic carbocycles. The van der Waals surface area contributed by atoms with Crippen molar-refractivity contribution in [1.82, 2.24) is 25.1 Å². The molecule has 2 aromatic heterocycles. The number of ether oxygens (including phenoxy) is 1. The van der Waals surface area contributed by atoms with Crippen LogP contribution in [0.2, 0.25) is 0 Å². The molecule has 10 heteroatoms. The van der Waals surface area contributed by atoms with Crippen LogP contribution in [-0.2, 0) is 20.8 Å². The first kappa shape index (κ1) is 25.3. The molecule has 10 nitrogen and oxygen atoms in total. The highest BCUT2D eigenvalue weighted by Gasteiger charge is 2.52. The zero-order valence-electron chi connectivity index (χ0n) is 21.1. The van der Waals surface area contributed by atoms with Gasteiger partial charge < -0.3 is 19.9 Å². The summed E-state index contributed by atoms with van der Waals surface area (Å²) < 4.78 is 5.45. The van der Waals surface area contributed by atoms with Gasteiger partial charge in [-0.25, -0.2) is 4.79 Å². The number of Topliss-reactive ketones (excluding diaryl/α,β-unsaturated/α-hetero) is 1. The van der Waals surface area contributed by atoms with E-state index in [0.717, 1.165) is 16.5 Å². The number of benzene rings is 1. The Morgan fingerprint density at radius 1 is 1.13 bits per heavy atom. The van der Waals surface area contributed by atoms with E-state index >= 15 is 0 Å². The van der Waals surface area contributed by atoms with E-state index in [2.05, 4.69) is 15.3 Å². The molecule has 4 heterocycles. The van der Waals surface area contributed by atoms with Crippen LogP contribution >= 0.6 is 0 Å². The third-order valence-corrected chi connectivity index (χ3v) is 7.06. The first-order chi connectivity index (χ1) is 18.4. The van der Waals surface area contributed by atoms with E-state index in [1.54, 1.807) is 53.8 Å². The lowest BCUT2D eigenvalue weighted by Gasteiger charge is -2.28. The predicted octanol–water partition coefficient (Wildman–Crippen LogP) is 2.51. The minimum Gasteiger partial charge on any atom is -0.410 e. The third kappa shape index (κ3) is 5.20. The lowest BCUT2D eigenvalue weighted by Crippen LogP contribution is -2.53. The molecule has 0 bridgehead atoms. The smallest absolute Gasteiger partial charge is 0.410 e. The Hall–Kier alpha value is -4.34. The van der Waals surface area contributed by atoms with Crippen molar-refractivity contribution in [3.05, 3.63) is 66.6 Å². The summed E-state index contributed by atoms with van der Waals surface area (Å²) in [4.78, 5) is 63.6. The molecule has 2 saturated heterocycles. The molecule has 3 amide bonds. The Labute approximate surface area is 220 Å². The number of carbonyl (C=O) groups excluding carboxylic acids is 4. The predicted molar refractivity (Wildman–Crippen MR) is 138 cm³/mol. The van der Waals surface area contributed by atoms with Crippen LogP contribution in [-0.4, -0.2) is 74.7 Å². The molecule has 38 heavy (non-hydrogen) atoms. The van der Waals surface area contributed by atoms with E-state index in [4.69, 9.17) is 4.74 Å². The van der Waals surface area contributed by atoms with Gasteiger partial charge in [0.15, 0.2) is 5.78 Å². The van der Waals surface area contributed by atoms with Crippen LogP contribution in [0.4, 0.5) is 4.79 Å². The number of fused-ring (bicyclic) bond motifs is 2. The molecule has 2 aliphatic heterocycles. The SMILES string of the molecule is CCCC(NC(=O)Oc1ccc2ncccc2c1)C(=O)N1CCC2C1C(=O)CN2C(=O)Cc1cccnc1. The van der Waals surface area contributed by atoms with E-state index in [-0.39, 0.29) is 36.6 Å². The second-order valence-electron chi connectivity index (χ2n) is 9.59. The van der Waals surface area contributed by atoms with Crippen molar-refractivity contribution >= 4 is 34.6 Å². The maximum atomic E-state index is 13.5. The summed E-state index contributed by atoms with van der Waals surface area (Å²) in [5.41, 5.74) is 1.55. The minimum absolute atomic E-state index is 0.0249. The van der Waals surface area contributed by atoms with E-state index in [1.165, 1.54) is 4.90 Å². The van der Waals surface area contributed by atoms with Crippen LogP contribution in [0.1, 0.15) is 31.7 Å². The lowest BCUT2D eigenvalue weighted by molar-refractivity contribution is -0.138. The summed E-state index contributed by atoms with van der Waals surface area (Å²) in [5, 5.41) is 3.51. The average molecular weight is 516 g/mol. The summed E-state index contributed by atoms with van der Waals surface area (Å²) in [5.74, 6) is -0.330. The number of nitrogens with zero attached hydrogens (tertiary/aromatic N) is 4. The molecule has 0 radical (unpaired) electrons. The first-order valence-electron chi connectivity index (χ1n) is 12.8. The van der Waals surface area contributed by atoms with Crippen LogP contribution in [0.5, 0.6) is 5.75 Å². The number of hydrogen-bond donors (Lipinski definition) is 1. The van der Waals surface area contributed by atoms with Gasteiger partial charge in [0, 0.05) is 30.5 Å². The average Bonchev–Trinajstić information content (AvgIpc) is 3.50. The topological polar surface area (TPSA) is 122 Å². The summed E-state index contributed by atoms with van der Waals surface area (Å²) in [6, 6.07) is 10.4. The van der Waals surface area contributed by atoms with Crippen molar-refractivity contribution in [2.75, 3.05) is 13.1 Å². The molecule has 3 unspecified atom stereocenters. The van der Waals surface area contributed by atoms with Crippen molar-refractivity contribution in [3.8, 4) is 5.75 Å². The van der Waals surface area contributed by atoms with Gasteiger partial charge in [-0.2, -0.15) is 0 Å². The third-order valence-electron chi connectivity index (χ3n) is 7.06. The van der Waals surface area contributed by atoms with E-state index in [9.17, 15) is 19.2 Å². The molecule has 1 N–H and O–H groups in total. The number of hydrogen-bond acceptors (Lipinski definition) is 7. The number of ketones is 1. The Morgan fingerprint density at radius 2 is 1.97 bits per heavy atom. The number of pyridine rings is 2. The summed E-state index contributed by atoms with van der Waals surface area (Å²) >= 11 is 0. The Morgan fingerprint density at radius 3 is 2.76 bits per heavy atom. The number of rotatable bonds is 7. The fourth-order valence-electron chi connectivity index (χ4n) is 5.31. The van der Waals surface area contributed by atoms with Crippen LogP contribution in [0.25, 0.3) is 10.9 Å². The van der Waals surface area contributed by atoms with Gasteiger partial charge in [0.2, 0.25) is 11.8 Å². The second kappa shape index (κ2) is 11.0. The highest BCUT2D eigenvalue weighted by atomic mass is 16.6. The quantitative estimate of drug-likeness (QED) is 0.513. The highest BCUT2D eigenvalue weighted by Crippen LogP contribution is 2.31. The van der Waals surface area contributed by atoms with Gasteiger partial charge in [0.25, 0.3) is 0 Å². The monoisotopic (exact) mass is 515 g/mol. The van der Waals surface area contributed by atoms with Crippen molar-refractivity contribution in [2.24, 2.45) is 0 Å². The Bertz CT molecular complexity index is 1360. The van der Waals surface area contributed by atoms with Crippen LogP contribution in [0.3, 0.4) is 0 Å². The summed E-state index contributed by atoms with van der Waals surface area (Å²) in [6.45, 7) is 2.23.